The van der Waals surface area contributed by atoms with Gasteiger partial charge in [0.25, 0.3) is 0 Å². The molecule has 0 fully saturated rings. The molecule has 2 rings (SSSR count). The number of rotatable bonds is 7. The Labute approximate surface area is 118 Å². The van der Waals surface area contributed by atoms with E-state index in [1.807, 2.05) is 24.3 Å². The summed E-state index contributed by atoms with van der Waals surface area (Å²) in [6.45, 7) is 2.32. The van der Waals surface area contributed by atoms with Gasteiger partial charge in [0, 0.05) is 12.8 Å². The lowest BCUT2D eigenvalue weighted by molar-refractivity contribution is -0.116. The summed E-state index contributed by atoms with van der Waals surface area (Å²) in [5.74, 6) is 1.12. The maximum atomic E-state index is 10.9. The zero-order chi connectivity index (χ0) is 13.5. The summed E-state index contributed by atoms with van der Waals surface area (Å²) < 4.78 is 5.70. The van der Waals surface area contributed by atoms with E-state index in [-0.39, 0.29) is 5.78 Å². The maximum absolute atomic E-state index is 10.9. The Morgan fingerprint density at radius 3 is 2.53 bits per heavy atom. The fourth-order valence-electron chi connectivity index (χ4n) is 1.79. The molecule has 0 spiro atoms. The maximum Gasteiger partial charge on any atom is 0.130 e. The molecule has 1 aromatic heterocycles. The number of hydrogen-bond acceptors (Lipinski definition) is 3. The monoisotopic (exact) mass is 274 g/mol. The number of hydrogen-bond donors (Lipinski definition) is 0. The molecule has 0 N–H and O–H groups in total. The highest BCUT2D eigenvalue weighted by Crippen LogP contribution is 2.14. The van der Waals surface area contributed by atoms with Crippen molar-refractivity contribution >= 4 is 17.1 Å². The molecule has 0 amide bonds. The Morgan fingerprint density at radius 1 is 1.11 bits per heavy atom. The second-order valence-electron chi connectivity index (χ2n) is 4.58. The molecule has 3 heteroatoms. The highest BCUT2D eigenvalue weighted by Gasteiger charge is 1.99. The Morgan fingerprint density at radius 2 is 1.89 bits per heavy atom. The Hall–Kier alpha value is -1.61. The SMILES string of the molecule is CC(=O)CCc1ccc(OCCc2ccsc2)cc1. The first-order chi connectivity index (χ1) is 9.24. The fraction of sp³-hybridized carbons (Fsp3) is 0.312. The topological polar surface area (TPSA) is 26.3 Å². The van der Waals surface area contributed by atoms with E-state index < -0.39 is 0 Å². The lowest BCUT2D eigenvalue weighted by Gasteiger charge is -2.06. The van der Waals surface area contributed by atoms with E-state index in [9.17, 15) is 4.79 Å². The van der Waals surface area contributed by atoms with Crippen molar-refractivity contribution in [3.05, 3.63) is 52.2 Å². The van der Waals surface area contributed by atoms with Gasteiger partial charge in [-0.05, 0) is 53.4 Å². The van der Waals surface area contributed by atoms with Crippen LogP contribution in [-0.4, -0.2) is 12.4 Å². The molecule has 100 valence electrons. The number of aryl methyl sites for hydroxylation is 1. The van der Waals surface area contributed by atoms with Crippen LogP contribution in [0.2, 0.25) is 0 Å². The normalized spacial score (nSPS) is 10.4. The molecule has 0 radical (unpaired) electrons. The molecule has 0 saturated carbocycles. The van der Waals surface area contributed by atoms with Crippen LogP contribution in [0.15, 0.2) is 41.1 Å². The smallest absolute Gasteiger partial charge is 0.130 e. The van der Waals surface area contributed by atoms with Gasteiger partial charge in [0.05, 0.1) is 6.61 Å². The molecule has 0 unspecified atom stereocenters. The van der Waals surface area contributed by atoms with Crippen LogP contribution in [0.5, 0.6) is 5.75 Å². The second-order valence-corrected chi connectivity index (χ2v) is 5.36. The summed E-state index contributed by atoms with van der Waals surface area (Å²) >= 11 is 1.71. The van der Waals surface area contributed by atoms with Crippen molar-refractivity contribution in [2.75, 3.05) is 6.61 Å². The molecule has 2 aromatic rings. The molecular formula is C16H18O2S. The largest absolute Gasteiger partial charge is 0.493 e. The highest BCUT2D eigenvalue weighted by molar-refractivity contribution is 7.07. The molecule has 1 heterocycles. The van der Waals surface area contributed by atoms with Crippen LogP contribution in [0.3, 0.4) is 0 Å². The van der Waals surface area contributed by atoms with Gasteiger partial charge in [0.1, 0.15) is 11.5 Å². The van der Waals surface area contributed by atoms with Gasteiger partial charge in [0.15, 0.2) is 0 Å². The van der Waals surface area contributed by atoms with Crippen molar-refractivity contribution in [1.82, 2.24) is 0 Å². The Balaban J connectivity index is 1.76. The molecule has 0 aliphatic carbocycles. The van der Waals surface area contributed by atoms with Gasteiger partial charge in [-0.2, -0.15) is 11.3 Å². The Kier molecular flexibility index (Phi) is 5.16. The average molecular weight is 274 g/mol. The summed E-state index contributed by atoms with van der Waals surface area (Å²) in [5.41, 5.74) is 2.50. The van der Waals surface area contributed by atoms with Crippen molar-refractivity contribution in [3.8, 4) is 5.75 Å². The van der Waals surface area contributed by atoms with E-state index in [1.165, 1.54) is 11.1 Å². The number of benzene rings is 1. The van der Waals surface area contributed by atoms with E-state index in [4.69, 9.17) is 4.74 Å². The second kappa shape index (κ2) is 7.10. The predicted molar refractivity (Wildman–Crippen MR) is 79.0 cm³/mol. The van der Waals surface area contributed by atoms with Gasteiger partial charge in [-0.15, -0.1) is 0 Å². The van der Waals surface area contributed by atoms with Crippen LogP contribution in [-0.2, 0) is 17.6 Å². The molecule has 0 aliphatic heterocycles. The first kappa shape index (κ1) is 13.8. The van der Waals surface area contributed by atoms with E-state index in [0.29, 0.717) is 13.0 Å². The van der Waals surface area contributed by atoms with Crippen LogP contribution in [0.1, 0.15) is 24.5 Å². The zero-order valence-electron chi connectivity index (χ0n) is 11.1. The average Bonchev–Trinajstić information content (AvgIpc) is 2.91. The number of carbonyl (C=O) groups is 1. The van der Waals surface area contributed by atoms with Crippen LogP contribution in [0.25, 0.3) is 0 Å². The van der Waals surface area contributed by atoms with Crippen molar-refractivity contribution in [2.24, 2.45) is 0 Å². The summed E-state index contributed by atoms with van der Waals surface area (Å²) in [7, 11) is 0. The minimum atomic E-state index is 0.232. The van der Waals surface area contributed by atoms with Crippen LogP contribution < -0.4 is 4.74 Å². The van der Waals surface area contributed by atoms with Gasteiger partial charge in [-0.25, -0.2) is 0 Å². The third kappa shape index (κ3) is 4.87. The lowest BCUT2D eigenvalue weighted by atomic mass is 10.1. The van der Waals surface area contributed by atoms with Crippen LogP contribution in [0.4, 0.5) is 0 Å². The molecule has 19 heavy (non-hydrogen) atoms. The molecule has 0 bridgehead atoms. The Bertz CT molecular complexity index is 500. The van der Waals surface area contributed by atoms with E-state index in [0.717, 1.165) is 18.6 Å². The summed E-state index contributed by atoms with van der Waals surface area (Å²) in [6.07, 6.45) is 2.36. The minimum absolute atomic E-state index is 0.232. The number of carbonyl (C=O) groups excluding carboxylic acids is 1. The zero-order valence-corrected chi connectivity index (χ0v) is 11.9. The fourth-order valence-corrected chi connectivity index (χ4v) is 2.50. The van der Waals surface area contributed by atoms with Gasteiger partial charge in [-0.3, -0.25) is 0 Å². The van der Waals surface area contributed by atoms with E-state index in [1.54, 1.807) is 18.3 Å². The molecule has 0 saturated heterocycles. The third-order valence-corrected chi connectivity index (χ3v) is 3.66. The predicted octanol–water partition coefficient (Wildman–Crippen LogP) is 3.89. The number of ether oxygens (including phenoxy) is 1. The molecular weight excluding hydrogens is 256 g/mol. The lowest BCUT2D eigenvalue weighted by Crippen LogP contribution is -2.00. The third-order valence-electron chi connectivity index (χ3n) is 2.93. The molecule has 2 nitrogen and oxygen atoms in total. The van der Waals surface area contributed by atoms with Crippen LogP contribution >= 0.6 is 11.3 Å². The van der Waals surface area contributed by atoms with Gasteiger partial charge in [-0.1, -0.05) is 12.1 Å². The number of thiophene rings is 1. The van der Waals surface area contributed by atoms with Gasteiger partial charge >= 0.3 is 0 Å². The van der Waals surface area contributed by atoms with E-state index >= 15 is 0 Å². The number of Topliss-reactive ketones (excluding diaryl/α,β-unsaturated/α-hetero) is 1. The molecule has 0 atom stereocenters. The first-order valence-corrected chi connectivity index (χ1v) is 7.40. The highest BCUT2D eigenvalue weighted by atomic mass is 32.1. The van der Waals surface area contributed by atoms with Crippen molar-refractivity contribution in [2.45, 2.75) is 26.2 Å². The van der Waals surface area contributed by atoms with Crippen molar-refractivity contribution < 1.29 is 9.53 Å². The minimum Gasteiger partial charge on any atom is -0.493 e. The first-order valence-electron chi connectivity index (χ1n) is 6.46. The van der Waals surface area contributed by atoms with Gasteiger partial charge < -0.3 is 9.53 Å². The quantitative estimate of drug-likeness (QED) is 0.765. The molecule has 1 aromatic carbocycles. The summed E-state index contributed by atoms with van der Waals surface area (Å²) in [6, 6.07) is 10.1. The number of ketones is 1. The summed E-state index contributed by atoms with van der Waals surface area (Å²) in [4.78, 5) is 10.9. The van der Waals surface area contributed by atoms with Crippen molar-refractivity contribution in [3.63, 3.8) is 0 Å². The van der Waals surface area contributed by atoms with E-state index in [2.05, 4.69) is 16.8 Å². The standard InChI is InChI=1S/C16H18O2S/c1-13(17)2-3-14-4-6-16(7-5-14)18-10-8-15-9-11-19-12-15/h4-7,9,11-12H,2-3,8,10H2,1H3. The van der Waals surface area contributed by atoms with Crippen molar-refractivity contribution in [1.29, 1.82) is 0 Å². The molecule has 0 aliphatic rings. The van der Waals surface area contributed by atoms with Gasteiger partial charge in [0.2, 0.25) is 0 Å². The summed E-state index contributed by atoms with van der Waals surface area (Å²) in [5, 5.41) is 4.23. The van der Waals surface area contributed by atoms with Crippen LogP contribution in [0, 0.1) is 0 Å².